The van der Waals surface area contributed by atoms with Gasteiger partial charge >= 0.3 is 5.97 Å². The van der Waals surface area contributed by atoms with Gasteiger partial charge in [-0.25, -0.2) is 17.9 Å². The largest absolute Gasteiger partial charge is 0.449 e. The molecule has 3 aromatic rings. The summed E-state index contributed by atoms with van der Waals surface area (Å²) in [5.41, 5.74) is 1.41. The number of esters is 1. The van der Waals surface area contributed by atoms with Crippen LogP contribution in [0.25, 0.3) is 0 Å². The molecule has 0 aliphatic heterocycles. The van der Waals surface area contributed by atoms with Gasteiger partial charge in [0.25, 0.3) is 15.9 Å². The number of nitrogens with one attached hydrogen (secondary N) is 2. The molecule has 1 amide bonds. The third-order valence-corrected chi connectivity index (χ3v) is 6.13. The van der Waals surface area contributed by atoms with Crippen LogP contribution in [-0.4, -0.2) is 36.2 Å². The lowest BCUT2D eigenvalue weighted by molar-refractivity contribution is -0.123. The van der Waals surface area contributed by atoms with Gasteiger partial charge in [-0.3, -0.25) is 9.52 Å². The zero-order valence-electron chi connectivity index (χ0n) is 18.8. The molecule has 0 saturated heterocycles. The van der Waals surface area contributed by atoms with Crippen LogP contribution in [0, 0.1) is 6.92 Å². The van der Waals surface area contributed by atoms with Crippen molar-refractivity contribution < 1.29 is 22.7 Å². The number of carbonyl (C=O) groups is 2. The van der Waals surface area contributed by atoms with Crippen LogP contribution in [0.15, 0.2) is 65.7 Å². The van der Waals surface area contributed by atoms with Crippen LogP contribution in [0.4, 0.5) is 11.5 Å². The van der Waals surface area contributed by atoms with E-state index >= 15 is 0 Å². The molecule has 0 spiro atoms. The summed E-state index contributed by atoms with van der Waals surface area (Å²) >= 11 is 0. The number of amides is 1. The van der Waals surface area contributed by atoms with Crippen molar-refractivity contribution in [1.82, 2.24) is 9.78 Å². The maximum absolute atomic E-state index is 12.7. The van der Waals surface area contributed by atoms with Crippen LogP contribution in [0.2, 0.25) is 0 Å². The van der Waals surface area contributed by atoms with Crippen LogP contribution >= 0.6 is 0 Å². The fraction of sp³-hybridized carbons (Fsp3) is 0.261. The first-order valence-corrected chi connectivity index (χ1v) is 11.8. The Balaban J connectivity index is 1.69. The van der Waals surface area contributed by atoms with Gasteiger partial charge in [0.1, 0.15) is 5.82 Å². The van der Waals surface area contributed by atoms with Crippen LogP contribution in [-0.2, 0) is 19.6 Å². The molecular formula is C23H26N4O5S. The molecule has 1 unspecified atom stereocenters. The number of aryl methyl sites for hydroxylation is 1. The molecule has 0 saturated carbocycles. The molecule has 0 bridgehead atoms. The third kappa shape index (κ3) is 5.98. The van der Waals surface area contributed by atoms with Gasteiger partial charge in [-0.15, -0.1) is 0 Å². The van der Waals surface area contributed by atoms with Gasteiger partial charge in [0, 0.05) is 17.8 Å². The molecular weight excluding hydrogens is 444 g/mol. The number of rotatable bonds is 8. The lowest BCUT2D eigenvalue weighted by atomic mass is 10.2. The summed E-state index contributed by atoms with van der Waals surface area (Å²) in [6.45, 7) is 7.16. The zero-order chi connectivity index (χ0) is 24.2. The highest BCUT2D eigenvalue weighted by Gasteiger charge is 2.22. The number of carbonyl (C=O) groups excluding carboxylic acids is 2. The Morgan fingerprint density at radius 2 is 1.73 bits per heavy atom. The van der Waals surface area contributed by atoms with Crippen molar-refractivity contribution >= 4 is 33.4 Å². The summed E-state index contributed by atoms with van der Waals surface area (Å²) in [6, 6.07) is 14.0. The Kier molecular flexibility index (Phi) is 7.17. The second-order valence-electron chi connectivity index (χ2n) is 7.79. The SMILES string of the molecule is Cc1ccc(NS(=O)(=O)c2cccc(C(=O)OC(C)C(=O)Nc3ccnn3C(C)C)c2)cc1. The summed E-state index contributed by atoms with van der Waals surface area (Å²) in [7, 11) is -3.92. The molecule has 33 heavy (non-hydrogen) atoms. The smallest absolute Gasteiger partial charge is 0.338 e. The second kappa shape index (κ2) is 9.86. The van der Waals surface area contributed by atoms with E-state index in [9.17, 15) is 18.0 Å². The molecule has 0 radical (unpaired) electrons. The first kappa shape index (κ1) is 24.0. The molecule has 0 aliphatic carbocycles. The second-order valence-corrected chi connectivity index (χ2v) is 9.47. The molecule has 3 rings (SSSR count). The fourth-order valence-electron chi connectivity index (χ4n) is 2.96. The average molecular weight is 471 g/mol. The van der Waals surface area contributed by atoms with Crippen molar-refractivity contribution in [3.8, 4) is 0 Å². The number of hydrogen-bond donors (Lipinski definition) is 2. The molecule has 9 nitrogen and oxygen atoms in total. The lowest BCUT2D eigenvalue weighted by Crippen LogP contribution is -2.31. The van der Waals surface area contributed by atoms with Gasteiger partial charge in [-0.05, 0) is 58.0 Å². The maximum atomic E-state index is 12.7. The number of anilines is 2. The van der Waals surface area contributed by atoms with Gasteiger partial charge in [0.05, 0.1) is 16.7 Å². The minimum Gasteiger partial charge on any atom is -0.449 e. The van der Waals surface area contributed by atoms with Crippen LogP contribution in [0.3, 0.4) is 0 Å². The minimum atomic E-state index is -3.92. The Morgan fingerprint density at radius 3 is 2.39 bits per heavy atom. The third-order valence-electron chi connectivity index (χ3n) is 4.75. The minimum absolute atomic E-state index is 0.00801. The van der Waals surface area contributed by atoms with Crippen molar-refractivity contribution in [2.45, 2.75) is 44.7 Å². The summed E-state index contributed by atoms with van der Waals surface area (Å²) in [5.74, 6) is -0.869. The molecule has 0 fully saturated rings. The van der Waals surface area contributed by atoms with Gasteiger partial charge < -0.3 is 10.1 Å². The van der Waals surface area contributed by atoms with Gasteiger partial charge in [-0.1, -0.05) is 23.8 Å². The predicted molar refractivity (Wildman–Crippen MR) is 125 cm³/mol. The zero-order valence-corrected chi connectivity index (χ0v) is 19.6. The molecule has 0 aliphatic rings. The Labute approximate surface area is 192 Å². The van der Waals surface area contributed by atoms with Crippen molar-refractivity contribution in [1.29, 1.82) is 0 Å². The first-order valence-electron chi connectivity index (χ1n) is 10.3. The Bertz CT molecular complexity index is 1250. The monoisotopic (exact) mass is 470 g/mol. The van der Waals surface area contributed by atoms with Crippen molar-refractivity contribution in [3.63, 3.8) is 0 Å². The van der Waals surface area contributed by atoms with Crippen LogP contribution < -0.4 is 10.0 Å². The van der Waals surface area contributed by atoms with E-state index in [1.54, 1.807) is 41.2 Å². The number of ether oxygens (including phenoxy) is 1. The lowest BCUT2D eigenvalue weighted by Gasteiger charge is -2.16. The summed E-state index contributed by atoms with van der Waals surface area (Å²) in [4.78, 5) is 24.9. The molecule has 2 aromatic carbocycles. The van der Waals surface area contributed by atoms with Crippen LogP contribution in [0.1, 0.15) is 42.7 Å². The van der Waals surface area contributed by atoms with Gasteiger partial charge in [0.2, 0.25) is 0 Å². The van der Waals surface area contributed by atoms with E-state index in [1.807, 2.05) is 20.8 Å². The summed E-state index contributed by atoms with van der Waals surface area (Å²) in [5, 5.41) is 6.81. The summed E-state index contributed by atoms with van der Waals surface area (Å²) < 4.78 is 34.8. The highest BCUT2D eigenvalue weighted by molar-refractivity contribution is 7.92. The molecule has 2 N–H and O–H groups in total. The predicted octanol–water partition coefficient (Wildman–Crippen LogP) is 3.76. The Morgan fingerprint density at radius 1 is 1.03 bits per heavy atom. The fourth-order valence-corrected chi connectivity index (χ4v) is 4.06. The van der Waals surface area contributed by atoms with E-state index in [-0.39, 0.29) is 16.5 Å². The van der Waals surface area contributed by atoms with E-state index in [1.165, 1.54) is 31.2 Å². The van der Waals surface area contributed by atoms with E-state index in [4.69, 9.17) is 4.74 Å². The van der Waals surface area contributed by atoms with Gasteiger partial charge in [-0.2, -0.15) is 5.10 Å². The molecule has 1 aromatic heterocycles. The van der Waals surface area contributed by atoms with E-state index in [0.717, 1.165) is 5.56 Å². The average Bonchev–Trinajstić information content (AvgIpc) is 3.23. The highest BCUT2D eigenvalue weighted by Crippen LogP contribution is 2.19. The molecule has 174 valence electrons. The molecule has 10 heteroatoms. The number of nitrogens with zero attached hydrogens (tertiary/aromatic N) is 2. The van der Waals surface area contributed by atoms with Crippen LogP contribution in [0.5, 0.6) is 0 Å². The number of benzene rings is 2. The topological polar surface area (TPSA) is 119 Å². The van der Waals surface area contributed by atoms with Gasteiger partial charge in [0.15, 0.2) is 6.10 Å². The van der Waals surface area contributed by atoms with E-state index in [0.29, 0.717) is 11.5 Å². The maximum Gasteiger partial charge on any atom is 0.338 e. The van der Waals surface area contributed by atoms with Crippen molar-refractivity contribution in [2.75, 3.05) is 10.0 Å². The van der Waals surface area contributed by atoms with Crippen molar-refractivity contribution in [2.24, 2.45) is 0 Å². The number of aromatic nitrogens is 2. The normalized spacial score (nSPS) is 12.3. The molecule has 1 atom stereocenters. The molecule has 1 heterocycles. The standard InChI is InChI=1S/C23H26N4O5S/c1-15(2)27-21(12-13-24-27)25-22(28)17(4)32-23(29)18-6-5-7-20(14-18)33(30,31)26-19-10-8-16(3)9-11-19/h5-15,17,26H,1-4H3,(H,25,28). The first-order chi connectivity index (χ1) is 15.6. The Hall–Kier alpha value is -3.66. The number of sulfonamides is 1. The number of hydrogen-bond acceptors (Lipinski definition) is 6. The van der Waals surface area contributed by atoms with E-state index < -0.39 is 28.0 Å². The summed E-state index contributed by atoms with van der Waals surface area (Å²) in [6.07, 6.45) is 0.446. The highest BCUT2D eigenvalue weighted by atomic mass is 32.2. The van der Waals surface area contributed by atoms with Crippen molar-refractivity contribution in [3.05, 3.63) is 71.9 Å². The van der Waals surface area contributed by atoms with E-state index in [2.05, 4.69) is 15.1 Å². The quantitative estimate of drug-likeness (QED) is 0.484.